The van der Waals surface area contributed by atoms with Crippen molar-refractivity contribution in [3.05, 3.63) is 62.6 Å². The predicted molar refractivity (Wildman–Crippen MR) is 118 cm³/mol. The van der Waals surface area contributed by atoms with E-state index in [2.05, 4.69) is 5.32 Å². The minimum atomic E-state index is -4.65. The van der Waals surface area contributed by atoms with Crippen molar-refractivity contribution in [1.29, 1.82) is 0 Å². The van der Waals surface area contributed by atoms with E-state index in [1.54, 1.807) is 6.07 Å². The van der Waals surface area contributed by atoms with Crippen LogP contribution in [0.1, 0.15) is 24.0 Å². The molecule has 1 aliphatic rings. The number of carbonyl (C=O) groups excluding carboxylic acids is 1. The number of piperidine rings is 1. The van der Waals surface area contributed by atoms with Crippen molar-refractivity contribution in [2.45, 2.75) is 24.8 Å². The zero-order chi connectivity index (χ0) is 23.7. The van der Waals surface area contributed by atoms with Gasteiger partial charge in [-0.3, -0.25) is 4.79 Å². The second-order valence-electron chi connectivity index (χ2n) is 7.36. The first kappa shape index (κ1) is 25.1. The van der Waals surface area contributed by atoms with Crippen LogP contribution in [0.3, 0.4) is 0 Å². The van der Waals surface area contributed by atoms with E-state index in [0.717, 1.165) is 12.1 Å². The van der Waals surface area contributed by atoms with Gasteiger partial charge in [-0.15, -0.1) is 0 Å². The Morgan fingerprint density at radius 2 is 1.62 bits per heavy atom. The molecule has 32 heavy (non-hydrogen) atoms. The topological polar surface area (TPSA) is 66.5 Å². The van der Waals surface area contributed by atoms with Crippen molar-refractivity contribution in [3.63, 3.8) is 0 Å². The summed E-state index contributed by atoms with van der Waals surface area (Å²) in [6.45, 7) is 0.242. The molecule has 0 unspecified atom stereocenters. The predicted octanol–water partition coefficient (Wildman–Crippen LogP) is 5.85. The van der Waals surface area contributed by atoms with Crippen molar-refractivity contribution in [2.24, 2.45) is 5.92 Å². The quantitative estimate of drug-likeness (QED) is 0.529. The summed E-state index contributed by atoms with van der Waals surface area (Å²) in [7, 11) is -3.64. The fourth-order valence-corrected chi connectivity index (χ4v) is 5.49. The number of halogens is 6. The van der Waals surface area contributed by atoms with E-state index < -0.39 is 38.6 Å². The highest BCUT2D eigenvalue weighted by molar-refractivity contribution is 7.88. The van der Waals surface area contributed by atoms with Crippen molar-refractivity contribution in [2.75, 3.05) is 18.4 Å². The second kappa shape index (κ2) is 9.77. The zero-order valence-electron chi connectivity index (χ0n) is 16.4. The largest absolute Gasteiger partial charge is 0.417 e. The first-order valence-electron chi connectivity index (χ1n) is 9.46. The number of anilines is 1. The number of carbonyl (C=O) groups is 1. The Labute approximate surface area is 198 Å². The molecule has 0 radical (unpaired) electrons. The maximum absolute atomic E-state index is 13.0. The molecular weight excluding hydrogens is 512 g/mol. The van der Waals surface area contributed by atoms with Gasteiger partial charge in [-0.25, -0.2) is 12.7 Å². The maximum atomic E-state index is 13.0. The molecule has 174 valence electrons. The molecule has 2 aromatic carbocycles. The number of nitrogens with zero attached hydrogens (tertiary/aromatic N) is 1. The molecule has 5 nitrogen and oxygen atoms in total. The molecule has 1 N–H and O–H groups in total. The lowest BCUT2D eigenvalue weighted by atomic mass is 9.97. The molecule has 1 fully saturated rings. The van der Waals surface area contributed by atoms with Gasteiger partial charge in [0, 0.05) is 24.7 Å². The minimum Gasteiger partial charge on any atom is -0.326 e. The van der Waals surface area contributed by atoms with E-state index >= 15 is 0 Å². The lowest BCUT2D eigenvalue weighted by Gasteiger charge is -2.30. The highest BCUT2D eigenvalue weighted by atomic mass is 35.5. The summed E-state index contributed by atoms with van der Waals surface area (Å²) >= 11 is 17.4. The Morgan fingerprint density at radius 3 is 2.22 bits per heavy atom. The molecule has 0 spiro atoms. The molecule has 0 aromatic heterocycles. The van der Waals surface area contributed by atoms with Gasteiger partial charge < -0.3 is 5.32 Å². The number of hydrogen-bond acceptors (Lipinski definition) is 3. The summed E-state index contributed by atoms with van der Waals surface area (Å²) < 4.78 is 65.7. The smallest absolute Gasteiger partial charge is 0.326 e. The molecule has 1 aliphatic heterocycles. The number of amides is 1. The van der Waals surface area contributed by atoms with E-state index in [1.165, 1.54) is 22.5 Å². The summed E-state index contributed by atoms with van der Waals surface area (Å²) in [6.07, 6.45) is -4.16. The van der Waals surface area contributed by atoms with E-state index in [0.29, 0.717) is 10.6 Å². The first-order chi connectivity index (χ1) is 14.9. The second-order valence-corrected chi connectivity index (χ2v) is 10.6. The van der Waals surface area contributed by atoms with Gasteiger partial charge in [-0.1, -0.05) is 40.9 Å². The normalized spacial score (nSPS) is 16.2. The van der Waals surface area contributed by atoms with Crippen LogP contribution in [0.4, 0.5) is 18.9 Å². The van der Waals surface area contributed by atoms with Crippen LogP contribution < -0.4 is 5.32 Å². The van der Waals surface area contributed by atoms with E-state index in [-0.39, 0.29) is 42.4 Å². The molecular formula is C20H18Cl3F3N2O3S. The van der Waals surface area contributed by atoms with Crippen molar-refractivity contribution < 1.29 is 26.4 Å². The Kier molecular flexibility index (Phi) is 7.66. The van der Waals surface area contributed by atoms with Gasteiger partial charge in [0.25, 0.3) is 0 Å². The summed E-state index contributed by atoms with van der Waals surface area (Å²) in [5.41, 5.74) is -0.580. The molecule has 0 aliphatic carbocycles. The van der Waals surface area contributed by atoms with Gasteiger partial charge in [-0.05, 0) is 48.7 Å². The molecule has 0 saturated carbocycles. The zero-order valence-corrected chi connectivity index (χ0v) is 19.5. The SMILES string of the molecule is O=C(Nc1ccc(Cl)c(C(F)(F)F)c1)C1CCN(S(=O)(=O)Cc2ccc(Cl)c(Cl)c2)CC1. The van der Waals surface area contributed by atoms with Crippen molar-refractivity contribution in [3.8, 4) is 0 Å². The van der Waals surface area contributed by atoms with Crippen LogP contribution in [0.15, 0.2) is 36.4 Å². The fraction of sp³-hybridized carbons (Fsp3) is 0.350. The van der Waals surface area contributed by atoms with Crippen LogP contribution in [-0.2, 0) is 26.7 Å². The molecule has 0 atom stereocenters. The maximum Gasteiger partial charge on any atom is 0.417 e. The van der Waals surface area contributed by atoms with Crippen LogP contribution in [0, 0.1) is 5.92 Å². The standard InChI is InChI=1S/C20H18Cl3F3N2O3S/c21-16-4-2-14(10-15(16)20(24,25)26)27-19(29)13-5-7-28(8-6-13)32(30,31)11-12-1-3-17(22)18(23)9-12/h1-4,9-10,13H,5-8,11H2,(H,27,29). The third-order valence-corrected chi connectivity index (χ3v) is 8.01. The Balaban J connectivity index is 1.60. The third kappa shape index (κ3) is 6.08. The van der Waals surface area contributed by atoms with E-state index in [4.69, 9.17) is 34.8 Å². The first-order valence-corrected chi connectivity index (χ1v) is 12.2. The number of sulfonamides is 1. The number of benzene rings is 2. The van der Waals surface area contributed by atoms with Gasteiger partial charge in [0.1, 0.15) is 0 Å². The van der Waals surface area contributed by atoms with Crippen LogP contribution >= 0.6 is 34.8 Å². The molecule has 1 heterocycles. The monoisotopic (exact) mass is 528 g/mol. The summed E-state index contributed by atoms with van der Waals surface area (Å²) in [4.78, 5) is 12.5. The minimum absolute atomic E-state index is 0.0265. The van der Waals surface area contributed by atoms with Gasteiger partial charge in [0.05, 0.1) is 26.4 Å². The van der Waals surface area contributed by atoms with Crippen molar-refractivity contribution >= 4 is 56.4 Å². The molecule has 12 heteroatoms. The summed E-state index contributed by atoms with van der Waals surface area (Å²) in [6, 6.07) is 7.71. The lowest BCUT2D eigenvalue weighted by molar-refractivity contribution is -0.137. The highest BCUT2D eigenvalue weighted by Crippen LogP contribution is 2.36. The van der Waals surface area contributed by atoms with Crippen LogP contribution in [0.25, 0.3) is 0 Å². The van der Waals surface area contributed by atoms with Gasteiger partial charge in [0.15, 0.2) is 0 Å². The molecule has 3 rings (SSSR count). The molecule has 2 aromatic rings. The molecule has 1 amide bonds. The van der Waals surface area contributed by atoms with Gasteiger partial charge >= 0.3 is 6.18 Å². The number of hydrogen-bond donors (Lipinski definition) is 1. The Bertz CT molecular complexity index is 1120. The van der Waals surface area contributed by atoms with Crippen molar-refractivity contribution in [1.82, 2.24) is 4.31 Å². The highest BCUT2D eigenvalue weighted by Gasteiger charge is 2.34. The van der Waals surface area contributed by atoms with Crippen LogP contribution in [0.5, 0.6) is 0 Å². The fourth-order valence-electron chi connectivity index (χ4n) is 3.39. The average Bonchev–Trinajstić information content (AvgIpc) is 2.71. The number of alkyl halides is 3. The molecule has 0 bridgehead atoms. The number of rotatable bonds is 5. The number of nitrogens with one attached hydrogen (secondary N) is 1. The van der Waals surface area contributed by atoms with Crippen LogP contribution in [0.2, 0.25) is 15.1 Å². The van der Waals surface area contributed by atoms with Crippen LogP contribution in [-0.4, -0.2) is 31.7 Å². The summed E-state index contributed by atoms with van der Waals surface area (Å²) in [5.74, 6) is -1.26. The van der Waals surface area contributed by atoms with E-state index in [1.807, 2.05) is 0 Å². The lowest BCUT2D eigenvalue weighted by Crippen LogP contribution is -2.41. The van der Waals surface area contributed by atoms with Gasteiger partial charge in [0.2, 0.25) is 15.9 Å². The average molecular weight is 530 g/mol. The molecule has 1 saturated heterocycles. The van der Waals surface area contributed by atoms with E-state index in [9.17, 15) is 26.4 Å². The third-order valence-electron chi connectivity index (χ3n) is 5.09. The Hall–Kier alpha value is -1.52. The van der Waals surface area contributed by atoms with Gasteiger partial charge in [-0.2, -0.15) is 13.2 Å². The summed E-state index contributed by atoms with van der Waals surface area (Å²) in [5, 5.41) is 2.58. The Morgan fingerprint density at radius 1 is 1.00 bits per heavy atom.